The van der Waals surface area contributed by atoms with Gasteiger partial charge in [0.05, 0.1) is 39.0 Å². The van der Waals surface area contributed by atoms with E-state index in [9.17, 15) is 73.2 Å². The van der Waals surface area contributed by atoms with Crippen molar-refractivity contribution in [1.82, 2.24) is 52.0 Å². The van der Waals surface area contributed by atoms with Gasteiger partial charge < -0.3 is 83.9 Å². The van der Waals surface area contributed by atoms with Crippen LogP contribution in [-0.2, 0) is 59.2 Å². The quantitative estimate of drug-likeness (QED) is 0.0417. The van der Waals surface area contributed by atoms with E-state index in [0.717, 1.165) is 0 Å². The number of aliphatic carboxylic acids is 1. The number of hydrogen-bond donors (Lipinski definition) is 14. The van der Waals surface area contributed by atoms with Crippen LogP contribution in [0.2, 0.25) is 0 Å². The molecule has 2 aromatic rings. The van der Waals surface area contributed by atoms with Gasteiger partial charge in [-0.05, 0) is 49.7 Å². The number of carbonyl (C=O) groups is 11. The van der Waals surface area contributed by atoms with Gasteiger partial charge in [0.15, 0.2) is 0 Å². The largest absolute Gasteiger partial charge is 0.480 e. The van der Waals surface area contributed by atoms with Crippen molar-refractivity contribution < 1.29 is 73.2 Å². The number of nitrogens with one attached hydrogen (secondary N) is 8. The highest BCUT2D eigenvalue weighted by Crippen LogP contribution is 2.25. The van der Waals surface area contributed by atoms with Crippen LogP contribution in [0.1, 0.15) is 57.9 Å². The van der Waals surface area contributed by atoms with Gasteiger partial charge in [-0.1, -0.05) is 32.0 Å². The lowest BCUT2D eigenvalue weighted by Crippen LogP contribution is -2.61. The number of aromatic nitrogens is 1. The zero-order valence-electron chi connectivity index (χ0n) is 39.3. The van der Waals surface area contributed by atoms with Gasteiger partial charge in [0, 0.05) is 43.0 Å². The van der Waals surface area contributed by atoms with Crippen molar-refractivity contribution in [2.45, 2.75) is 107 Å². The van der Waals surface area contributed by atoms with E-state index in [4.69, 9.17) is 11.5 Å². The maximum absolute atomic E-state index is 13.9. The molecule has 8 atom stereocenters. The van der Waals surface area contributed by atoms with Crippen LogP contribution in [0.25, 0.3) is 10.9 Å². The van der Waals surface area contributed by atoms with E-state index >= 15 is 0 Å². The summed E-state index contributed by atoms with van der Waals surface area (Å²) in [5.41, 5.74) is 12.0. The van der Waals surface area contributed by atoms with E-state index in [2.05, 4.69) is 42.2 Å². The molecule has 0 saturated carbocycles. The van der Waals surface area contributed by atoms with Crippen LogP contribution in [0.3, 0.4) is 0 Å². The number of nitrogens with two attached hydrogens (primary N) is 2. The van der Waals surface area contributed by atoms with E-state index in [0.29, 0.717) is 29.3 Å². The third-order valence-electron chi connectivity index (χ3n) is 12.0. The molecule has 27 nitrogen and oxygen atoms in total. The van der Waals surface area contributed by atoms with E-state index in [-0.39, 0.29) is 45.2 Å². The Balaban J connectivity index is 1.38. The Morgan fingerprint density at radius 2 is 1.25 bits per heavy atom. The monoisotopic (exact) mass is 1000 g/mol. The topological polar surface area (TPSA) is 427 Å². The van der Waals surface area contributed by atoms with Crippen molar-refractivity contribution in [2.24, 2.45) is 17.4 Å². The summed E-state index contributed by atoms with van der Waals surface area (Å²) in [5, 5.41) is 56.5. The van der Waals surface area contributed by atoms with Crippen molar-refractivity contribution in [3.8, 4) is 0 Å². The number of aromatic amines is 1. The molecule has 2 fully saturated rings. The van der Waals surface area contributed by atoms with Gasteiger partial charge in [-0.25, -0.2) is 4.79 Å². The van der Waals surface area contributed by atoms with Crippen LogP contribution in [0, 0.1) is 5.92 Å². The first-order valence-corrected chi connectivity index (χ1v) is 23.0. The number of carboxylic acid groups (broad SMARTS) is 1. The van der Waals surface area contributed by atoms with Crippen LogP contribution >= 0.6 is 0 Å². The molecule has 2 aliphatic rings. The molecule has 4 rings (SSSR count). The molecule has 27 heteroatoms. The molecular weight excluding hydrogens is 937 g/mol. The van der Waals surface area contributed by atoms with Gasteiger partial charge in [-0.2, -0.15) is 0 Å². The maximum Gasteiger partial charge on any atom is 0.326 e. The average Bonchev–Trinajstić information content (AvgIpc) is 4.14. The minimum Gasteiger partial charge on any atom is -0.480 e. The lowest BCUT2D eigenvalue weighted by atomic mass is 10.0. The number of carbonyl (C=O) groups excluding carboxylic acids is 10. The smallest absolute Gasteiger partial charge is 0.326 e. The normalized spacial score (nSPS) is 18.0. The molecule has 0 radical (unpaired) electrons. The van der Waals surface area contributed by atoms with E-state index in [1.807, 2.05) is 0 Å². The van der Waals surface area contributed by atoms with Crippen LogP contribution in [0.4, 0.5) is 0 Å². The highest BCUT2D eigenvalue weighted by Gasteiger charge is 2.42. The van der Waals surface area contributed by atoms with Gasteiger partial charge in [0.25, 0.3) is 0 Å². The standard InChI is InChI=1S/C44H64N12O15/c1-22(2)36(44(70)71)54-41(67)30(21-59)53-40(66)29(20-58)52-38(64)27(15-23-16-47-26-8-4-3-7-24(23)26)51-39(65)28(19-57)50-34(61)17-48-42(68)31-9-5-14-56(31)43(69)32-10-6-13-55(32)35(62)18-49-37(63)25(45)11-12-33(46)60/h3-4,7-8,16,22,25,27-32,36,47,57-59H,5-6,9-15,17-21,45H2,1-2H3,(H2,46,60)(H,48,68)(H,49,63)(H,50,61)(H,51,65)(H,52,64)(H,53,66)(H,54,67)(H,70,71)/t25-,27-,28-,29-,30-,31-,32-,36-/m0/s1. The maximum atomic E-state index is 13.9. The highest BCUT2D eigenvalue weighted by molar-refractivity contribution is 5.98. The zero-order valence-corrected chi connectivity index (χ0v) is 39.3. The summed E-state index contributed by atoms with van der Waals surface area (Å²) in [6.07, 6.45) is 2.58. The molecule has 16 N–H and O–H groups in total. The zero-order chi connectivity index (χ0) is 52.5. The molecular formula is C44H64N12O15. The second-order valence-corrected chi connectivity index (χ2v) is 17.5. The van der Waals surface area contributed by atoms with Crippen LogP contribution in [-0.4, -0.2) is 195 Å². The molecule has 2 saturated heterocycles. The van der Waals surface area contributed by atoms with Crippen molar-refractivity contribution in [3.63, 3.8) is 0 Å². The van der Waals surface area contributed by atoms with E-state index in [1.54, 1.807) is 30.5 Å². The molecule has 1 aromatic carbocycles. The number of nitrogens with zero attached hydrogens (tertiary/aromatic N) is 2. The number of aliphatic hydroxyl groups excluding tert-OH is 3. The first-order chi connectivity index (χ1) is 33.7. The van der Waals surface area contributed by atoms with Crippen LogP contribution < -0.4 is 48.7 Å². The first kappa shape index (κ1) is 56.4. The third-order valence-corrected chi connectivity index (χ3v) is 12.0. The molecule has 0 spiro atoms. The summed E-state index contributed by atoms with van der Waals surface area (Å²) < 4.78 is 0. The minimum absolute atomic E-state index is 0.0238. The number of para-hydroxylation sites is 1. The van der Waals surface area contributed by atoms with Crippen LogP contribution in [0.5, 0.6) is 0 Å². The van der Waals surface area contributed by atoms with Crippen molar-refractivity contribution in [3.05, 3.63) is 36.0 Å². The second-order valence-electron chi connectivity index (χ2n) is 17.5. The Hall–Kier alpha value is -7.23. The molecule has 3 heterocycles. The molecule has 2 aliphatic heterocycles. The number of benzene rings is 1. The lowest BCUT2D eigenvalue weighted by Gasteiger charge is -2.31. The number of amides is 10. The Kier molecular flexibility index (Phi) is 21.2. The first-order valence-electron chi connectivity index (χ1n) is 23.0. The fraction of sp³-hybridized carbons (Fsp3) is 0.568. The molecule has 390 valence electrons. The predicted molar refractivity (Wildman–Crippen MR) is 247 cm³/mol. The van der Waals surface area contributed by atoms with Gasteiger partial charge in [0.2, 0.25) is 59.1 Å². The molecule has 1 aromatic heterocycles. The Labute approximate surface area is 406 Å². The number of primary amides is 1. The van der Waals surface area contributed by atoms with E-state index in [1.165, 1.54) is 23.6 Å². The van der Waals surface area contributed by atoms with Gasteiger partial charge in [-0.3, -0.25) is 47.9 Å². The molecule has 0 unspecified atom stereocenters. The third kappa shape index (κ3) is 15.6. The van der Waals surface area contributed by atoms with Crippen molar-refractivity contribution in [2.75, 3.05) is 46.0 Å². The van der Waals surface area contributed by atoms with Crippen LogP contribution in [0.15, 0.2) is 30.5 Å². The van der Waals surface area contributed by atoms with Gasteiger partial charge in [0.1, 0.15) is 42.3 Å². The summed E-state index contributed by atoms with van der Waals surface area (Å²) in [7, 11) is 0. The number of carboxylic acids is 1. The molecule has 10 amide bonds. The average molecular weight is 1000 g/mol. The summed E-state index contributed by atoms with van der Waals surface area (Å²) in [4.78, 5) is 148. The molecule has 0 bridgehead atoms. The SMILES string of the molecule is CC(C)[C@H](NC(=O)[C@H](CO)NC(=O)[C@H](CO)NC(=O)[C@H](Cc1c[nH]c2ccccc12)NC(=O)[C@H](CO)NC(=O)CNC(=O)[C@@H]1CCCN1C(=O)[C@@H]1CCCN1C(=O)CNC(=O)[C@@H](N)CCC(N)=O)C(=O)O. The summed E-state index contributed by atoms with van der Waals surface area (Å²) in [5.74, 6) is -10.4. The fourth-order valence-corrected chi connectivity index (χ4v) is 8.07. The predicted octanol–water partition coefficient (Wildman–Crippen LogP) is -6.34. The van der Waals surface area contributed by atoms with Gasteiger partial charge >= 0.3 is 5.97 Å². The highest BCUT2D eigenvalue weighted by atomic mass is 16.4. The number of hydrogen-bond acceptors (Lipinski definition) is 15. The molecule has 0 aliphatic carbocycles. The van der Waals surface area contributed by atoms with Crippen molar-refractivity contribution >= 4 is 75.9 Å². The summed E-state index contributed by atoms with van der Waals surface area (Å²) in [6, 6.07) is -4.19. The summed E-state index contributed by atoms with van der Waals surface area (Å²) >= 11 is 0. The molecule has 71 heavy (non-hydrogen) atoms. The number of fused-ring (bicyclic) bond motifs is 1. The number of aliphatic hydroxyl groups is 3. The van der Waals surface area contributed by atoms with Crippen molar-refractivity contribution in [1.29, 1.82) is 0 Å². The Morgan fingerprint density at radius 1 is 0.704 bits per heavy atom. The Morgan fingerprint density at radius 3 is 1.85 bits per heavy atom. The number of H-pyrrole nitrogens is 1. The van der Waals surface area contributed by atoms with E-state index < -0.39 is 152 Å². The van der Waals surface area contributed by atoms with Gasteiger partial charge in [-0.15, -0.1) is 0 Å². The summed E-state index contributed by atoms with van der Waals surface area (Å²) in [6.45, 7) is -0.781. The number of rotatable bonds is 26. The lowest BCUT2D eigenvalue weighted by molar-refractivity contribution is -0.146. The minimum atomic E-state index is -1.78. The Bertz CT molecular complexity index is 2290. The fourth-order valence-electron chi connectivity index (χ4n) is 8.07. The number of likely N-dealkylation sites (tertiary alicyclic amines) is 2. The second kappa shape index (κ2) is 26.7.